The molecule has 0 unspecified atom stereocenters. The lowest BCUT2D eigenvalue weighted by Gasteiger charge is -2.10. The molecule has 0 saturated carbocycles. The van der Waals surface area contributed by atoms with Crippen LogP contribution in [0.4, 0.5) is 11.4 Å². The SMILES string of the molecule is COc1ccc([N+](=O)[O-])c(NCC(C)C)c1. The van der Waals surface area contributed by atoms with E-state index in [0.29, 0.717) is 23.9 Å². The normalized spacial score (nSPS) is 10.2. The molecule has 0 atom stereocenters. The molecule has 0 bridgehead atoms. The van der Waals surface area contributed by atoms with Crippen LogP contribution in [-0.4, -0.2) is 18.6 Å². The van der Waals surface area contributed by atoms with Crippen molar-refractivity contribution in [3.8, 4) is 5.75 Å². The monoisotopic (exact) mass is 224 g/mol. The molecule has 1 aromatic carbocycles. The molecular formula is C11H16N2O3. The summed E-state index contributed by atoms with van der Waals surface area (Å²) in [7, 11) is 1.54. The number of nitro benzene ring substituents is 1. The Morgan fingerprint density at radius 1 is 1.50 bits per heavy atom. The second-order valence-electron chi connectivity index (χ2n) is 3.91. The third kappa shape index (κ3) is 3.12. The first-order valence-electron chi connectivity index (χ1n) is 5.11. The van der Waals surface area contributed by atoms with E-state index in [9.17, 15) is 10.1 Å². The van der Waals surface area contributed by atoms with Gasteiger partial charge >= 0.3 is 0 Å². The van der Waals surface area contributed by atoms with Crippen molar-refractivity contribution < 1.29 is 9.66 Å². The average Bonchev–Trinajstić information content (AvgIpc) is 2.25. The minimum absolute atomic E-state index is 0.0708. The minimum Gasteiger partial charge on any atom is -0.497 e. The summed E-state index contributed by atoms with van der Waals surface area (Å²) >= 11 is 0. The maximum absolute atomic E-state index is 10.8. The molecule has 0 aromatic heterocycles. The van der Waals surface area contributed by atoms with E-state index < -0.39 is 4.92 Å². The van der Waals surface area contributed by atoms with E-state index in [1.807, 2.05) is 13.8 Å². The highest BCUT2D eigenvalue weighted by Crippen LogP contribution is 2.28. The highest BCUT2D eigenvalue weighted by atomic mass is 16.6. The third-order valence-electron chi connectivity index (χ3n) is 2.10. The molecule has 5 nitrogen and oxygen atoms in total. The van der Waals surface area contributed by atoms with Gasteiger partial charge in [0.1, 0.15) is 11.4 Å². The molecule has 0 aliphatic carbocycles. The van der Waals surface area contributed by atoms with Gasteiger partial charge < -0.3 is 10.1 Å². The number of rotatable bonds is 5. The van der Waals surface area contributed by atoms with Crippen LogP contribution >= 0.6 is 0 Å². The molecule has 1 rings (SSSR count). The summed E-state index contributed by atoms with van der Waals surface area (Å²) in [6, 6.07) is 4.67. The average molecular weight is 224 g/mol. The Hall–Kier alpha value is -1.78. The molecule has 0 saturated heterocycles. The Bertz CT molecular complexity index is 377. The maximum atomic E-state index is 10.8. The zero-order chi connectivity index (χ0) is 12.1. The molecule has 0 aliphatic heterocycles. The predicted molar refractivity (Wildman–Crippen MR) is 63.0 cm³/mol. The smallest absolute Gasteiger partial charge is 0.292 e. The Morgan fingerprint density at radius 2 is 2.19 bits per heavy atom. The van der Waals surface area contributed by atoms with E-state index in [1.54, 1.807) is 12.1 Å². The Kier molecular flexibility index (Phi) is 4.10. The predicted octanol–water partition coefficient (Wildman–Crippen LogP) is 2.67. The van der Waals surface area contributed by atoms with Crippen LogP contribution in [0.3, 0.4) is 0 Å². The Labute approximate surface area is 94.6 Å². The molecule has 0 radical (unpaired) electrons. The number of methoxy groups -OCH3 is 1. The van der Waals surface area contributed by atoms with Crippen molar-refractivity contribution in [2.24, 2.45) is 5.92 Å². The fourth-order valence-corrected chi connectivity index (χ4v) is 1.26. The number of hydrogen-bond donors (Lipinski definition) is 1. The van der Waals surface area contributed by atoms with Gasteiger partial charge in [-0.15, -0.1) is 0 Å². The molecule has 1 N–H and O–H groups in total. The summed E-state index contributed by atoms with van der Waals surface area (Å²) in [5.74, 6) is 1.03. The van der Waals surface area contributed by atoms with Crippen molar-refractivity contribution in [2.45, 2.75) is 13.8 Å². The van der Waals surface area contributed by atoms with Crippen molar-refractivity contribution in [2.75, 3.05) is 19.0 Å². The molecule has 0 amide bonds. The topological polar surface area (TPSA) is 64.4 Å². The second kappa shape index (κ2) is 5.34. The molecule has 16 heavy (non-hydrogen) atoms. The van der Waals surface area contributed by atoms with Crippen LogP contribution in [0.5, 0.6) is 5.75 Å². The van der Waals surface area contributed by atoms with E-state index in [1.165, 1.54) is 13.2 Å². The molecule has 5 heteroatoms. The number of nitrogens with zero attached hydrogens (tertiary/aromatic N) is 1. The fraction of sp³-hybridized carbons (Fsp3) is 0.455. The summed E-state index contributed by atoms with van der Waals surface area (Å²) < 4.78 is 5.03. The van der Waals surface area contributed by atoms with Crippen LogP contribution in [0.1, 0.15) is 13.8 Å². The maximum Gasteiger partial charge on any atom is 0.292 e. The van der Waals surface area contributed by atoms with Crippen LogP contribution < -0.4 is 10.1 Å². The van der Waals surface area contributed by atoms with Gasteiger partial charge in [-0.3, -0.25) is 10.1 Å². The van der Waals surface area contributed by atoms with Gasteiger partial charge in [-0.1, -0.05) is 13.8 Å². The zero-order valence-electron chi connectivity index (χ0n) is 9.69. The van der Waals surface area contributed by atoms with Crippen molar-refractivity contribution in [3.05, 3.63) is 28.3 Å². The van der Waals surface area contributed by atoms with E-state index >= 15 is 0 Å². The number of hydrogen-bond acceptors (Lipinski definition) is 4. The zero-order valence-corrected chi connectivity index (χ0v) is 9.69. The van der Waals surface area contributed by atoms with Crippen molar-refractivity contribution in [1.29, 1.82) is 0 Å². The van der Waals surface area contributed by atoms with Gasteiger partial charge in [0.15, 0.2) is 0 Å². The summed E-state index contributed by atoms with van der Waals surface area (Å²) in [5, 5.41) is 13.8. The summed E-state index contributed by atoms with van der Waals surface area (Å²) in [6.45, 7) is 4.77. The van der Waals surface area contributed by atoms with Gasteiger partial charge in [-0.25, -0.2) is 0 Å². The van der Waals surface area contributed by atoms with Crippen LogP contribution in [0, 0.1) is 16.0 Å². The van der Waals surface area contributed by atoms with E-state index in [2.05, 4.69) is 5.32 Å². The van der Waals surface area contributed by atoms with Gasteiger partial charge in [-0.2, -0.15) is 0 Å². The molecule has 0 heterocycles. The van der Waals surface area contributed by atoms with Crippen LogP contribution in [0.15, 0.2) is 18.2 Å². The first-order valence-corrected chi connectivity index (χ1v) is 5.11. The number of nitro groups is 1. The lowest BCUT2D eigenvalue weighted by Crippen LogP contribution is -2.09. The second-order valence-corrected chi connectivity index (χ2v) is 3.91. The van der Waals surface area contributed by atoms with Crippen LogP contribution in [0.25, 0.3) is 0 Å². The minimum atomic E-state index is -0.401. The lowest BCUT2D eigenvalue weighted by atomic mass is 10.2. The van der Waals surface area contributed by atoms with Crippen LogP contribution in [-0.2, 0) is 0 Å². The quantitative estimate of drug-likeness (QED) is 0.617. The highest BCUT2D eigenvalue weighted by Gasteiger charge is 2.14. The first-order chi connectivity index (χ1) is 7.54. The largest absolute Gasteiger partial charge is 0.497 e. The molecule has 1 aromatic rings. The molecule has 88 valence electrons. The van der Waals surface area contributed by atoms with Crippen LogP contribution in [0.2, 0.25) is 0 Å². The van der Waals surface area contributed by atoms with Crippen molar-refractivity contribution >= 4 is 11.4 Å². The van der Waals surface area contributed by atoms with Gasteiger partial charge in [0.25, 0.3) is 5.69 Å². The Balaban J connectivity index is 2.96. The number of nitrogens with one attached hydrogen (secondary N) is 1. The molecule has 0 spiro atoms. The summed E-state index contributed by atoms with van der Waals surface area (Å²) in [6.07, 6.45) is 0. The van der Waals surface area contributed by atoms with Gasteiger partial charge in [0.05, 0.1) is 12.0 Å². The lowest BCUT2D eigenvalue weighted by molar-refractivity contribution is -0.384. The molecule has 0 aliphatic rings. The molecule has 0 fully saturated rings. The van der Waals surface area contributed by atoms with Gasteiger partial charge in [0, 0.05) is 18.7 Å². The number of anilines is 1. The Morgan fingerprint density at radius 3 is 2.69 bits per heavy atom. The highest BCUT2D eigenvalue weighted by molar-refractivity contribution is 5.64. The number of benzene rings is 1. The number of ether oxygens (including phenoxy) is 1. The van der Waals surface area contributed by atoms with Crippen molar-refractivity contribution in [1.82, 2.24) is 0 Å². The third-order valence-corrected chi connectivity index (χ3v) is 2.10. The van der Waals surface area contributed by atoms with Gasteiger partial charge in [0.2, 0.25) is 0 Å². The van der Waals surface area contributed by atoms with E-state index in [4.69, 9.17) is 4.74 Å². The summed E-state index contributed by atoms with van der Waals surface area (Å²) in [5.41, 5.74) is 0.569. The molecular weight excluding hydrogens is 208 g/mol. The van der Waals surface area contributed by atoms with Crippen molar-refractivity contribution in [3.63, 3.8) is 0 Å². The van der Waals surface area contributed by atoms with E-state index in [-0.39, 0.29) is 5.69 Å². The van der Waals surface area contributed by atoms with E-state index in [0.717, 1.165) is 0 Å². The standard InChI is InChI=1S/C11H16N2O3/c1-8(2)7-12-10-6-9(16-3)4-5-11(10)13(14)15/h4-6,8,12H,7H2,1-3H3. The summed E-state index contributed by atoms with van der Waals surface area (Å²) in [4.78, 5) is 10.4. The first kappa shape index (κ1) is 12.3. The fourth-order valence-electron chi connectivity index (χ4n) is 1.26. The van der Waals surface area contributed by atoms with Gasteiger partial charge in [-0.05, 0) is 12.0 Å².